The van der Waals surface area contributed by atoms with Gasteiger partial charge in [0.15, 0.2) is 11.6 Å². The Morgan fingerprint density at radius 2 is 1.85 bits per heavy atom. The van der Waals surface area contributed by atoms with Crippen molar-refractivity contribution in [3.05, 3.63) is 30.3 Å². The molecule has 1 aliphatic rings. The van der Waals surface area contributed by atoms with E-state index in [2.05, 4.69) is 14.9 Å². The summed E-state index contributed by atoms with van der Waals surface area (Å²) >= 11 is 0. The number of rotatable bonds is 6. The van der Waals surface area contributed by atoms with E-state index < -0.39 is 10.0 Å². The van der Waals surface area contributed by atoms with Crippen LogP contribution in [-0.4, -0.2) is 59.1 Å². The lowest BCUT2D eigenvalue weighted by atomic mass is 10.3. The van der Waals surface area contributed by atoms with Gasteiger partial charge in [-0.15, -0.1) is 10.2 Å². The molecule has 1 fully saturated rings. The van der Waals surface area contributed by atoms with Crippen LogP contribution in [-0.2, 0) is 14.8 Å². The highest BCUT2D eigenvalue weighted by Crippen LogP contribution is 2.29. The smallest absolute Gasteiger partial charge is 0.266 e. The van der Waals surface area contributed by atoms with Gasteiger partial charge >= 0.3 is 0 Å². The average molecular weight is 380 g/mol. The average Bonchev–Trinajstić information content (AvgIpc) is 2.68. The Balaban J connectivity index is 1.79. The number of nitrogens with one attached hydrogen (secondary N) is 1. The van der Waals surface area contributed by atoms with Crippen molar-refractivity contribution in [2.75, 3.05) is 50.1 Å². The van der Waals surface area contributed by atoms with Gasteiger partial charge in [0.25, 0.3) is 10.0 Å². The summed E-state index contributed by atoms with van der Waals surface area (Å²) in [4.78, 5) is 2.02. The van der Waals surface area contributed by atoms with Gasteiger partial charge < -0.3 is 19.1 Å². The Morgan fingerprint density at radius 1 is 1.08 bits per heavy atom. The lowest BCUT2D eigenvalue weighted by molar-refractivity contribution is 0.122. The monoisotopic (exact) mass is 380 g/mol. The molecule has 26 heavy (non-hydrogen) atoms. The van der Waals surface area contributed by atoms with Gasteiger partial charge in [0, 0.05) is 19.2 Å². The number of benzene rings is 1. The highest BCUT2D eigenvalue weighted by molar-refractivity contribution is 7.92. The van der Waals surface area contributed by atoms with Crippen molar-refractivity contribution in [3.63, 3.8) is 0 Å². The van der Waals surface area contributed by atoms with Gasteiger partial charge in [-0.2, -0.15) is 0 Å². The maximum Gasteiger partial charge on any atom is 0.266 e. The molecule has 10 heteroatoms. The van der Waals surface area contributed by atoms with Gasteiger partial charge in [0.05, 0.1) is 27.4 Å². The number of sulfonamides is 1. The Kier molecular flexibility index (Phi) is 5.43. The Bertz CT molecular complexity index is 851. The summed E-state index contributed by atoms with van der Waals surface area (Å²) in [6, 6.07) is 7.76. The third-order valence-corrected chi connectivity index (χ3v) is 5.28. The van der Waals surface area contributed by atoms with E-state index >= 15 is 0 Å². The fourth-order valence-corrected chi connectivity index (χ4v) is 3.68. The zero-order chi connectivity index (χ0) is 18.6. The van der Waals surface area contributed by atoms with E-state index in [9.17, 15) is 8.42 Å². The molecule has 0 spiro atoms. The first-order valence-corrected chi connectivity index (χ1v) is 9.43. The lowest BCUT2D eigenvalue weighted by Gasteiger charge is -2.27. The minimum atomic E-state index is -3.89. The zero-order valence-corrected chi connectivity index (χ0v) is 15.3. The fraction of sp³-hybridized carbons (Fsp3) is 0.375. The molecule has 0 radical (unpaired) electrons. The predicted molar refractivity (Wildman–Crippen MR) is 95.4 cm³/mol. The maximum atomic E-state index is 12.6. The molecule has 2 aromatic rings. The number of hydrogen-bond donors (Lipinski definition) is 1. The molecule has 1 aromatic heterocycles. The highest BCUT2D eigenvalue weighted by atomic mass is 32.2. The Labute approximate surface area is 151 Å². The topological polar surface area (TPSA) is 103 Å². The molecule has 1 aromatic carbocycles. The summed E-state index contributed by atoms with van der Waals surface area (Å²) < 4.78 is 43.2. The van der Waals surface area contributed by atoms with E-state index in [0.717, 1.165) is 13.1 Å². The van der Waals surface area contributed by atoms with Gasteiger partial charge in [-0.25, -0.2) is 8.42 Å². The van der Waals surface area contributed by atoms with E-state index in [1.165, 1.54) is 26.4 Å². The van der Waals surface area contributed by atoms with Crippen LogP contribution in [0.4, 0.5) is 11.6 Å². The maximum absolute atomic E-state index is 12.6. The van der Waals surface area contributed by atoms with Crippen molar-refractivity contribution in [2.45, 2.75) is 4.90 Å². The molecular weight excluding hydrogens is 360 g/mol. The number of methoxy groups -OCH3 is 2. The van der Waals surface area contributed by atoms with E-state index in [0.29, 0.717) is 24.8 Å². The van der Waals surface area contributed by atoms with Gasteiger partial charge in [-0.3, -0.25) is 4.72 Å². The van der Waals surface area contributed by atoms with Gasteiger partial charge in [0.1, 0.15) is 16.4 Å². The zero-order valence-electron chi connectivity index (χ0n) is 14.5. The van der Waals surface area contributed by atoms with Crippen molar-refractivity contribution >= 4 is 21.7 Å². The molecule has 1 aliphatic heterocycles. The van der Waals surface area contributed by atoms with Crippen LogP contribution in [0.15, 0.2) is 35.2 Å². The molecule has 140 valence electrons. The molecule has 1 N–H and O–H groups in total. The van der Waals surface area contributed by atoms with Crippen LogP contribution in [0, 0.1) is 0 Å². The summed E-state index contributed by atoms with van der Waals surface area (Å²) in [5.41, 5.74) is 0. The molecule has 0 atom stereocenters. The number of aromatic nitrogens is 2. The van der Waals surface area contributed by atoms with Gasteiger partial charge in [-0.1, -0.05) is 0 Å². The van der Waals surface area contributed by atoms with Crippen LogP contribution < -0.4 is 19.1 Å². The second-order valence-corrected chi connectivity index (χ2v) is 7.15. The number of hydrogen-bond acceptors (Lipinski definition) is 8. The fourth-order valence-electron chi connectivity index (χ4n) is 2.53. The van der Waals surface area contributed by atoms with Crippen LogP contribution in [0.1, 0.15) is 0 Å². The molecule has 2 heterocycles. The lowest BCUT2D eigenvalue weighted by Crippen LogP contribution is -2.36. The van der Waals surface area contributed by atoms with Crippen LogP contribution >= 0.6 is 0 Å². The standard InChI is InChI=1S/C16H20N4O5S/c1-23-12-3-4-14(13(11-12)24-2)26(21,22)19-15-5-6-16(18-17-15)20-7-9-25-10-8-20/h3-6,11H,7-10H2,1-2H3,(H,17,19). The van der Waals surface area contributed by atoms with Crippen LogP contribution in [0.3, 0.4) is 0 Å². The second kappa shape index (κ2) is 7.75. The molecule has 0 saturated carbocycles. The largest absolute Gasteiger partial charge is 0.497 e. The normalized spacial score (nSPS) is 14.8. The Hall–Kier alpha value is -2.59. The molecule has 3 rings (SSSR count). The number of morpholine rings is 1. The van der Waals surface area contributed by atoms with Crippen molar-refractivity contribution < 1.29 is 22.6 Å². The number of anilines is 2. The van der Waals surface area contributed by atoms with Crippen LogP contribution in [0.25, 0.3) is 0 Å². The minimum Gasteiger partial charge on any atom is -0.497 e. The molecule has 1 saturated heterocycles. The summed E-state index contributed by atoms with van der Waals surface area (Å²) in [6.07, 6.45) is 0. The molecule has 0 amide bonds. The van der Waals surface area contributed by atoms with Gasteiger partial charge in [0.2, 0.25) is 0 Å². The Morgan fingerprint density at radius 3 is 2.46 bits per heavy atom. The SMILES string of the molecule is COc1ccc(S(=O)(=O)Nc2ccc(N3CCOCC3)nn2)c(OC)c1. The van der Waals surface area contributed by atoms with Crippen LogP contribution in [0.2, 0.25) is 0 Å². The number of nitrogens with zero attached hydrogens (tertiary/aromatic N) is 3. The second-order valence-electron chi connectivity index (χ2n) is 5.50. The molecular formula is C16H20N4O5S. The van der Waals surface area contributed by atoms with E-state index in [1.54, 1.807) is 18.2 Å². The first-order chi connectivity index (χ1) is 12.5. The third kappa shape index (κ3) is 3.97. The third-order valence-electron chi connectivity index (χ3n) is 3.88. The summed E-state index contributed by atoms with van der Waals surface area (Å²) in [7, 11) is -0.999. The van der Waals surface area contributed by atoms with E-state index in [1.807, 2.05) is 4.90 Å². The summed E-state index contributed by atoms with van der Waals surface area (Å²) in [5.74, 6) is 1.48. The van der Waals surface area contributed by atoms with Crippen molar-refractivity contribution in [1.29, 1.82) is 0 Å². The predicted octanol–water partition coefficient (Wildman–Crippen LogP) is 1.13. The summed E-state index contributed by atoms with van der Waals surface area (Å²) in [5, 5.41) is 8.06. The van der Waals surface area contributed by atoms with Crippen LogP contribution in [0.5, 0.6) is 11.5 Å². The summed E-state index contributed by atoms with van der Waals surface area (Å²) in [6.45, 7) is 2.71. The van der Waals surface area contributed by atoms with Crippen molar-refractivity contribution in [1.82, 2.24) is 10.2 Å². The molecule has 9 nitrogen and oxygen atoms in total. The number of ether oxygens (including phenoxy) is 3. The highest BCUT2D eigenvalue weighted by Gasteiger charge is 2.21. The first-order valence-electron chi connectivity index (χ1n) is 7.95. The minimum absolute atomic E-state index is 0.0140. The van der Waals surface area contributed by atoms with Crippen molar-refractivity contribution in [2.24, 2.45) is 0 Å². The van der Waals surface area contributed by atoms with Crippen molar-refractivity contribution in [3.8, 4) is 11.5 Å². The molecule has 0 bridgehead atoms. The molecule has 0 aliphatic carbocycles. The van der Waals surface area contributed by atoms with E-state index in [-0.39, 0.29) is 16.5 Å². The first kappa shape index (κ1) is 18.2. The van der Waals surface area contributed by atoms with E-state index in [4.69, 9.17) is 14.2 Å². The molecule has 0 unspecified atom stereocenters. The quantitative estimate of drug-likeness (QED) is 0.796. The van der Waals surface area contributed by atoms with Gasteiger partial charge in [-0.05, 0) is 24.3 Å².